The molecule has 5 heteroatoms. The zero-order chi connectivity index (χ0) is 21.8. The van der Waals surface area contributed by atoms with Gasteiger partial charge in [-0.25, -0.2) is 0 Å². The topological polar surface area (TPSA) is 44.7 Å². The molecule has 1 amide bonds. The van der Waals surface area contributed by atoms with Gasteiger partial charge in [-0.3, -0.25) is 9.79 Å². The summed E-state index contributed by atoms with van der Waals surface area (Å²) in [4.78, 5) is 20.2. The van der Waals surface area contributed by atoms with Crippen LogP contribution in [0.15, 0.2) is 41.4 Å². The Hall–Kier alpha value is -2.33. The van der Waals surface area contributed by atoms with Gasteiger partial charge in [0.2, 0.25) is 0 Å². The summed E-state index contributed by atoms with van der Waals surface area (Å²) in [5.74, 6) is -0.0583. The average Bonchev–Trinajstić information content (AvgIpc) is 3.20. The summed E-state index contributed by atoms with van der Waals surface area (Å²) in [5, 5.41) is 3.71. The van der Waals surface area contributed by atoms with Crippen molar-refractivity contribution in [2.45, 2.75) is 64.8 Å². The van der Waals surface area contributed by atoms with Gasteiger partial charge in [-0.1, -0.05) is 49.1 Å². The molecule has 4 nitrogen and oxygen atoms in total. The second-order valence-electron chi connectivity index (χ2n) is 8.66. The fourth-order valence-electron chi connectivity index (χ4n) is 4.98. The van der Waals surface area contributed by atoms with Crippen molar-refractivity contribution in [1.29, 1.82) is 0 Å². The highest BCUT2D eigenvalue weighted by atomic mass is 35.5. The van der Waals surface area contributed by atoms with Crippen LogP contribution in [0.2, 0.25) is 5.02 Å². The van der Waals surface area contributed by atoms with Gasteiger partial charge in [-0.15, -0.1) is 0 Å². The lowest BCUT2D eigenvalue weighted by atomic mass is 9.93. The summed E-state index contributed by atoms with van der Waals surface area (Å²) in [6.45, 7) is 5.74. The van der Waals surface area contributed by atoms with Crippen LogP contribution >= 0.6 is 11.6 Å². The number of carbonyl (C=O) groups excluding carboxylic acids is 1. The highest BCUT2D eigenvalue weighted by molar-refractivity contribution is 6.31. The summed E-state index contributed by atoms with van der Waals surface area (Å²) >= 11 is 6.47. The fourth-order valence-corrected chi connectivity index (χ4v) is 5.19. The van der Waals surface area contributed by atoms with Crippen molar-refractivity contribution in [3.05, 3.63) is 58.1 Å². The fraction of sp³-hybridized carbons (Fsp3) is 0.462. The lowest BCUT2D eigenvalue weighted by Gasteiger charge is -2.36. The maximum Gasteiger partial charge on any atom is 0.251 e. The van der Waals surface area contributed by atoms with Gasteiger partial charge in [-0.05, 0) is 56.0 Å². The average molecular weight is 438 g/mol. The summed E-state index contributed by atoms with van der Waals surface area (Å²) in [6, 6.07) is 12.6. The third-order valence-electron chi connectivity index (χ3n) is 6.62. The van der Waals surface area contributed by atoms with Gasteiger partial charge >= 0.3 is 0 Å². The van der Waals surface area contributed by atoms with Crippen LogP contribution in [0.5, 0.6) is 0 Å². The van der Waals surface area contributed by atoms with E-state index in [0.29, 0.717) is 23.2 Å². The quantitative estimate of drug-likeness (QED) is 0.555. The van der Waals surface area contributed by atoms with E-state index in [1.165, 1.54) is 37.7 Å². The number of amides is 1. The second-order valence-corrected chi connectivity index (χ2v) is 9.10. The number of para-hydroxylation sites is 1. The SMILES string of the molecule is CCN(c1cc(Cl)cc(C(=O)NCCC2=Nc3ccccc3C2)c1C)C1CCCCC1. The van der Waals surface area contributed by atoms with Gasteiger partial charge in [0, 0.05) is 54.0 Å². The number of halogens is 1. The number of hydrogen-bond donors (Lipinski definition) is 1. The molecule has 0 atom stereocenters. The molecule has 31 heavy (non-hydrogen) atoms. The lowest BCUT2D eigenvalue weighted by molar-refractivity contribution is 0.0954. The molecule has 1 aliphatic heterocycles. The highest BCUT2D eigenvalue weighted by Crippen LogP contribution is 2.33. The number of benzene rings is 2. The molecule has 4 rings (SSSR count). The second kappa shape index (κ2) is 9.86. The van der Waals surface area contributed by atoms with Crippen LogP contribution in [0, 0.1) is 6.92 Å². The molecule has 2 aromatic rings. The molecule has 1 heterocycles. The van der Waals surface area contributed by atoms with Crippen LogP contribution in [0.3, 0.4) is 0 Å². The minimum atomic E-state index is -0.0583. The molecule has 1 aliphatic carbocycles. The molecule has 0 bridgehead atoms. The number of aliphatic imine (C=N–C) groups is 1. The maximum atomic E-state index is 13.0. The van der Waals surface area contributed by atoms with E-state index in [9.17, 15) is 4.79 Å². The zero-order valence-corrected chi connectivity index (χ0v) is 19.3. The largest absolute Gasteiger partial charge is 0.369 e. The molecule has 2 aromatic carbocycles. The lowest BCUT2D eigenvalue weighted by Crippen LogP contribution is -2.37. The first kappa shape index (κ1) is 21.9. The van der Waals surface area contributed by atoms with Crippen molar-refractivity contribution >= 4 is 34.6 Å². The Morgan fingerprint density at radius 1 is 1.19 bits per heavy atom. The van der Waals surface area contributed by atoms with Gasteiger partial charge in [0.15, 0.2) is 0 Å². The molecule has 0 spiro atoms. The molecular weight excluding hydrogens is 406 g/mol. The zero-order valence-electron chi connectivity index (χ0n) is 18.6. The number of carbonyl (C=O) groups is 1. The Labute approximate surface area is 190 Å². The van der Waals surface area contributed by atoms with Crippen molar-refractivity contribution in [2.24, 2.45) is 4.99 Å². The van der Waals surface area contributed by atoms with Crippen LogP contribution in [0.4, 0.5) is 11.4 Å². The summed E-state index contributed by atoms with van der Waals surface area (Å²) in [5.41, 5.74) is 6.23. The molecule has 0 radical (unpaired) electrons. The standard InChI is InChI=1S/C26H32ClN3O/c1-3-30(22-10-5-4-6-11-22)25-17-20(27)16-23(18(25)2)26(31)28-14-13-21-15-19-9-7-8-12-24(19)29-21/h7-9,12,16-17,22H,3-6,10-11,13-15H2,1-2H3,(H,28,31). The number of rotatable bonds is 7. The first-order valence-corrected chi connectivity index (χ1v) is 11.9. The van der Waals surface area contributed by atoms with E-state index in [-0.39, 0.29) is 5.91 Å². The van der Waals surface area contributed by atoms with Crippen molar-refractivity contribution < 1.29 is 4.79 Å². The molecule has 1 saturated carbocycles. The normalized spacial score (nSPS) is 16.0. The molecule has 1 N–H and O–H groups in total. The monoisotopic (exact) mass is 437 g/mol. The van der Waals surface area contributed by atoms with Crippen molar-refractivity contribution in [3.63, 3.8) is 0 Å². The highest BCUT2D eigenvalue weighted by Gasteiger charge is 2.24. The van der Waals surface area contributed by atoms with E-state index in [0.717, 1.165) is 42.0 Å². The Morgan fingerprint density at radius 3 is 2.71 bits per heavy atom. The Kier molecular flexibility index (Phi) is 6.96. The number of nitrogens with zero attached hydrogens (tertiary/aromatic N) is 2. The third kappa shape index (κ3) is 4.95. The van der Waals surface area contributed by atoms with E-state index in [1.54, 1.807) is 6.07 Å². The summed E-state index contributed by atoms with van der Waals surface area (Å²) in [7, 11) is 0. The first-order chi connectivity index (χ1) is 15.1. The van der Waals surface area contributed by atoms with Gasteiger partial charge in [0.1, 0.15) is 0 Å². The molecule has 0 saturated heterocycles. The minimum absolute atomic E-state index is 0.0583. The van der Waals surface area contributed by atoms with Crippen LogP contribution in [0.1, 0.15) is 66.9 Å². The van der Waals surface area contributed by atoms with Crippen molar-refractivity contribution in [1.82, 2.24) is 5.32 Å². The maximum absolute atomic E-state index is 13.0. The van der Waals surface area contributed by atoms with Crippen molar-refractivity contribution in [2.75, 3.05) is 18.0 Å². The van der Waals surface area contributed by atoms with E-state index < -0.39 is 0 Å². The Balaban J connectivity index is 1.43. The van der Waals surface area contributed by atoms with E-state index in [4.69, 9.17) is 16.6 Å². The number of hydrogen-bond acceptors (Lipinski definition) is 3. The Morgan fingerprint density at radius 2 is 1.97 bits per heavy atom. The predicted molar refractivity (Wildman–Crippen MR) is 130 cm³/mol. The van der Waals surface area contributed by atoms with Gasteiger partial charge in [0.05, 0.1) is 5.69 Å². The summed E-state index contributed by atoms with van der Waals surface area (Å²) in [6.07, 6.45) is 7.95. The number of nitrogens with one attached hydrogen (secondary N) is 1. The van der Waals surface area contributed by atoms with E-state index in [2.05, 4.69) is 23.2 Å². The van der Waals surface area contributed by atoms with E-state index in [1.807, 2.05) is 31.2 Å². The predicted octanol–water partition coefficient (Wildman–Crippen LogP) is 6.26. The van der Waals surface area contributed by atoms with Crippen molar-refractivity contribution in [3.8, 4) is 0 Å². The molecule has 1 fully saturated rings. The van der Waals surface area contributed by atoms with Crippen LogP contribution in [0.25, 0.3) is 0 Å². The van der Waals surface area contributed by atoms with Crippen LogP contribution in [-0.2, 0) is 6.42 Å². The van der Waals surface area contributed by atoms with Gasteiger partial charge in [0.25, 0.3) is 5.91 Å². The van der Waals surface area contributed by atoms with Gasteiger partial charge in [-0.2, -0.15) is 0 Å². The smallest absolute Gasteiger partial charge is 0.251 e. The third-order valence-corrected chi connectivity index (χ3v) is 6.84. The molecule has 0 unspecified atom stereocenters. The summed E-state index contributed by atoms with van der Waals surface area (Å²) < 4.78 is 0. The molecule has 2 aliphatic rings. The first-order valence-electron chi connectivity index (χ1n) is 11.6. The number of anilines is 1. The van der Waals surface area contributed by atoms with Crippen LogP contribution in [-0.4, -0.2) is 30.8 Å². The molecular formula is C26H32ClN3O. The molecule has 164 valence electrons. The Bertz CT molecular complexity index is 979. The molecule has 0 aromatic heterocycles. The van der Waals surface area contributed by atoms with Crippen LogP contribution < -0.4 is 10.2 Å². The number of fused-ring (bicyclic) bond motifs is 1. The minimum Gasteiger partial charge on any atom is -0.369 e. The van der Waals surface area contributed by atoms with Gasteiger partial charge < -0.3 is 10.2 Å². The van der Waals surface area contributed by atoms with E-state index >= 15 is 0 Å².